The molecule has 3 nitrogen and oxygen atoms in total. The van der Waals surface area contributed by atoms with Crippen molar-refractivity contribution in [2.75, 3.05) is 0 Å². The van der Waals surface area contributed by atoms with E-state index in [1.165, 1.54) is 5.56 Å². The molecule has 2 rings (SSSR count). The Labute approximate surface area is 133 Å². The first-order chi connectivity index (χ1) is 9.38. The molecule has 0 aliphatic rings. The number of hydrogen-bond acceptors (Lipinski definition) is 2. The van der Waals surface area contributed by atoms with Gasteiger partial charge in [0, 0.05) is 11.8 Å². The Hall–Kier alpha value is -1.17. The molecule has 2 aromatic rings. The Bertz CT molecular complexity index is 642. The summed E-state index contributed by atoms with van der Waals surface area (Å²) in [6.07, 6.45) is 1.63. The molecule has 20 heavy (non-hydrogen) atoms. The van der Waals surface area contributed by atoms with Crippen molar-refractivity contribution in [2.45, 2.75) is 39.0 Å². The summed E-state index contributed by atoms with van der Waals surface area (Å²) < 4.78 is 0.693. The molecule has 4 heteroatoms. The fourth-order valence-corrected chi connectivity index (χ4v) is 3.09. The van der Waals surface area contributed by atoms with Crippen LogP contribution >= 0.6 is 22.6 Å². The lowest BCUT2D eigenvalue weighted by Crippen LogP contribution is -2.25. The monoisotopic (exact) mass is 382 g/mol. The highest BCUT2D eigenvalue weighted by Gasteiger charge is 2.21. The van der Waals surface area contributed by atoms with E-state index in [0.717, 1.165) is 24.4 Å². The number of halogens is 1. The average molecular weight is 382 g/mol. The molecule has 0 spiro atoms. The van der Waals surface area contributed by atoms with Crippen molar-refractivity contribution >= 4 is 22.6 Å². The van der Waals surface area contributed by atoms with Gasteiger partial charge in [-0.05, 0) is 34.6 Å². The number of aromatic nitrogens is 2. The third-order valence-electron chi connectivity index (χ3n) is 3.12. The van der Waals surface area contributed by atoms with Gasteiger partial charge in [-0.3, -0.25) is 4.79 Å². The lowest BCUT2D eigenvalue weighted by atomic mass is 9.92. The zero-order valence-electron chi connectivity index (χ0n) is 12.0. The van der Waals surface area contributed by atoms with Crippen LogP contribution in [-0.4, -0.2) is 9.97 Å². The summed E-state index contributed by atoms with van der Waals surface area (Å²) in [6, 6.07) is 10.2. The molecule has 0 atom stereocenters. The van der Waals surface area contributed by atoms with Crippen LogP contribution in [0, 0.1) is 3.57 Å². The number of hydrogen-bond donors (Lipinski definition) is 1. The van der Waals surface area contributed by atoms with Crippen molar-refractivity contribution in [1.29, 1.82) is 0 Å². The lowest BCUT2D eigenvalue weighted by Gasteiger charge is -2.19. The van der Waals surface area contributed by atoms with E-state index in [-0.39, 0.29) is 11.0 Å². The van der Waals surface area contributed by atoms with E-state index >= 15 is 0 Å². The van der Waals surface area contributed by atoms with Crippen LogP contribution in [0.3, 0.4) is 0 Å². The molecular weight excluding hydrogens is 363 g/mol. The van der Waals surface area contributed by atoms with Gasteiger partial charge < -0.3 is 4.98 Å². The van der Waals surface area contributed by atoms with Crippen LogP contribution in [0.1, 0.15) is 37.9 Å². The summed E-state index contributed by atoms with van der Waals surface area (Å²) in [6.45, 7) is 6.24. The van der Waals surface area contributed by atoms with Gasteiger partial charge in [0.25, 0.3) is 5.56 Å². The molecule has 0 unspecified atom stereocenters. The second kappa shape index (κ2) is 6.08. The zero-order chi connectivity index (χ0) is 14.8. The van der Waals surface area contributed by atoms with Crippen LogP contribution in [-0.2, 0) is 18.3 Å². The molecule has 0 saturated heterocycles. The smallest absolute Gasteiger partial charge is 0.264 e. The summed E-state index contributed by atoms with van der Waals surface area (Å²) in [7, 11) is 0. The van der Waals surface area contributed by atoms with Gasteiger partial charge in [0.15, 0.2) is 0 Å². The molecule has 1 aromatic heterocycles. The molecule has 1 aromatic carbocycles. The van der Waals surface area contributed by atoms with E-state index in [1.807, 2.05) is 18.2 Å². The quantitative estimate of drug-likeness (QED) is 0.827. The van der Waals surface area contributed by atoms with Crippen molar-refractivity contribution in [3.8, 4) is 0 Å². The van der Waals surface area contributed by atoms with Crippen molar-refractivity contribution < 1.29 is 0 Å². The molecule has 0 fully saturated rings. The minimum atomic E-state index is -0.119. The van der Waals surface area contributed by atoms with Crippen LogP contribution in [0.15, 0.2) is 35.1 Å². The molecule has 0 saturated carbocycles. The van der Waals surface area contributed by atoms with Crippen molar-refractivity contribution in [3.05, 3.63) is 61.3 Å². The Balaban J connectivity index is 2.25. The van der Waals surface area contributed by atoms with Gasteiger partial charge in [0.05, 0.1) is 5.69 Å². The largest absolute Gasteiger partial charge is 0.310 e. The molecule has 0 aliphatic heterocycles. The number of benzene rings is 1. The zero-order valence-corrected chi connectivity index (χ0v) is 14.2. The molecule has 0 bridgehead atoms. The minimum absolute atomic E-state index is 0.0337. The van der Waals surface area contributed by atoms with Crippen molar-refractivity contribution in [2.24, 2.45) is 0 Å². The van der Waals surface area contributed by atoms with E-state index in [4.69, 9.17) is 0 Å². The van der Waals surface area contributed by atoms with Gasteiger partial charge in [0.2, 0.25) is 0 Å². The maximum atomic E-state index is 12.0. The Morgan fingerprint density at radius 2 is 1.80 bits per heavy atom. The van der Waals surface area contributed by atoms with Gasteiger partial charge in [-0.1, -0.05) is 51.1 Å². The Morgan fingerprint density at radius 1 is 1.15 bits per heavy atom. The van der Waals surface area contributed by atoms with Crippen molar-refractivity contribution in [3.63, 3.8) is 0 Å². The van der Waals surface area contributed by atoms with Crippen LogP contribution in [0.5, 0.6) is 0 Å². The topological polar surface area (TPSA) is 45.8 Å². The van der Waals surface area contributed by atoms with Gasteiger partial charge in [0.1, 0.15) is 9.39 Å². The molecule has 0 amide bonds. The first kappa shape index (κ1) is 15.2. The molecule has 106 valence electrons. The Morgan fingerprint density at radius 3 is 2.40 bits per heavy atom. The van der Waals surface area contributed by atoms with E-state index in [2.05, 4.69) is 65.5 Å². The minimum Gasteiger partial charge on any atom is -0.310 e. The number of nitrogens with zero attached hydrogens (tertiary/aromatic N) is 1. The van der Waals surface area contributed by atoms with E-state index in [9.17, 15) is 4.79 Å². The lowest BCUT2D eigenvalue weighted by molar-refractivity contribution is 0.555. The van der Waals surface area contributed by atoms with E-state index < -0.39 is 0 Å². The first-order valence-electron chi connectivity index (χ1n) is 6.71. The number of aromatic amines is 1. The molecule has 0 radical (unpaired) electrons. The number of aryl methyl sites for hydroxylation is 2. The van der Waals surface area contributed by atoms with E-state index in [1.54, 1.807) is 0 Å². The molecular formula is C16H19IN2O. The second-order valence-electron chi connectivity index (χ2n) is 5.91. The van der Waals surface area contributed by atoms with Gasteiger partial charge >= 0.3 is 0 Å². The van der Waals surface area contributed by atoms with Gasteiger partial charge in [-0.2, -0.15) is 0 Å². The average Bonchev–Trinajstić information content (AvgIpc) is 2.40. The standard InChI is InChI=1S/C16H19IN2O/c1-16(2,3)14-13(17)15(20)19-12(18-14)10-9-11-7-5-4-6-8-11/h4-8H,9-10H2,1-3H3,(H,18,19,20). The highest BCUT2D eigenvalue weighted by atomic mass is 127. The highest BCUT2D eigenvalue weighted by Crippen LogP contribution is 2.23. The maximum Gasteiger partial charge on any atom is 0.264 e. The third kappa shape index (κ3) is 3.69. The Kier molecular flexibility index (Phi) is 4.62. The van der Waals surface area contributed by atoms with Crippen LogP contribution in [0.25, 0.3) is 0 Å². The highest BCUT2D eigenvalue weighted by molar-refractivity contribution is 14.1. The first-order valence-corrected chi connectivity index (χ1v) is 7.79. The summed E-state index contributed by atoms with van der Waals surface area (Å²) in [5.41, 5.74) is 1.98. The predicted octanol–water partition coefficient (Wildman–Crippen LogP) is 3.46. The maximum absolute atomic E-state index is 12.0. The number of nitrogens with one attached hydrogen (secondary N) is 1. The van der Waals surface area contributed by atoms with Crippen LogP contribution in [0.4, 0.5) is 0 Å². The third-order valence-corrected chi connectivity index (χ3v) is 4.12. The van der Waals surface area contributed by atoms with Gasteiger partial charge in [-0.25, -0.2) is 4.98 Å². The molecule has 1 N–H and O–H groups in total. The fraction of sp³-hybridized carbons (Fsp3) is 0.375. The normalized spacial score (nSPS) is 11.6. The predicted molar refractivity (Wildman–Crippen MR) is 90.1 cm³/mol. The summed E-state index contributed by atoms with van der Waals surface area (Å²) in [5, 5.41) is 0. The van der Waals surface area contributed by atoms with Crippen LogP contribution in [0.2, 0.25) is 0 Å². The molecule has 0 aliphatic carbocycles. The van der Waals surface area contributed by atoms with E-state index in [0.29, 0.717) is 3.57 Å². The van der Waals surface area contributed by atoms with Crippen LogP contribution < -0.4 is 5.56 Å². The fourth-order valence-electron chi connectivity index (χ4n) is 2.03. The summed E-state index contributed by atoms with van der Waals surface area (Å²) in [5.74, 6) is 0.768. The van der Waals surface area contributed by atoms with Crippen molar-refractivity contribution in [1.82, 2.24) is 9.97 Å². The molecule has 1 heterocycles. The number of rotatable bonds is 3. The van der Waals surface area contributed by atoms with Gasteiger partial charge in [-0.15, -0.1) is 0 Å². The SMILES string of the molecule is CC(C)(C)c1nc(CCc2ccccc2)[nH]c(=O)c1I. The number of H-pyrrole nitrogens is 1. The summed E-state index contributed by atoms with van der Waals surface area (Å²) in [4.78, 5) is 19.6. The second-order valence-corrected chi connectivity index (χ2v) is 6.99. The summed E-state index contributed by atoms with van der Waals surface area (Å²) >= 11 is 2.08.